The van der Waals surface area contributed by atoms with Crippen molar-refractivity contribution >= 4 is 17.7 Å². The van der Waals surface area contributed by atoms with E-state index in [9.17, 15) is 14.4 Å². The van der Waals surface area contributed by atoms with Gasteiger partial charge in [0.05, 0.1) is 6.54 Å². The first-order chi connectivity index (χ1) is 9.93. The summed E-state index contributed by atoms with van der Waals surface area (Å²) in [6, 6.07) is 6.44. The normalized spacial score (nSPS) is 9.38. The van der Waals surface area contributed by atoms with Gasteiger partial charge in [0.1, 0.15) is 13.1 Å². The maximum absolute atomic E-state index is 12.3. The molecule has 0 atom stereocenters. The summed E-state index contributed by atoms with van der Waals surface area (Å²) in [5, 5.41) is 0. The zero-order valence-corrected chi connectivity index (χ0v) is 11.3. The van der Waals surface area contributed by atoms with Crippen molar-refractivity contribution in [2.24, 2.45) is 17.2 Å². The number of hydrogen-bond acceptors (Lipinski definition) is 4. The highest BCUT2D eigenvalue weighted by molar-refractivity contribution is 5.98. The highest BCUT2D eigenvalue weighted by Crippen LogP contribution is 2.08. The number of carbonyl (C=O) groups excluding carboxylic acids is 3. The van der Waals surface area contributed by atoms with E-state index in [0.29, 0.717) is 5.56 Å². The lowest BCUT2D eigenvalue weighted by Gasteiger charge is -2.19. The second-order valence-corrected chi connectivity index (χ2v) is 4.18. The molecule has 3 amide bonds. The molecule has 0 heterocycles. The topological polar surface area (TPSA) is 133 Å². The van der Waals surface area contributed by atoms with Crippen molar-refractivity contribution in [2.75, 3.05) is 19.6 Å². The predicted molar refractivity (Wildman–Crippen MR) is 76.7 cm³/mol. The van der Waals surface area contributed by atoms with Crippen LogP contribution in [0.15, 0.2) is 24.3 Å². The number of hydrogen-bond donors (Lipinski definition) is 3. The molecule has 0 saturated heterocycles. The summed E-state index contributed by atoms with van der Waals surface area (Å²) in [5.74, 6) is 3.47. The molecule has 21 heavy (non-hydrogen) atoms. The highest BCUT2D eigenvalue weighted by Gasteiger charge is 2.19. The van der Waals surface area contributed by atoms with E-state index in [1.165, 1.54) is 0 Å². The molecule has 0 spiro atoms. The Hall–Kier alpha value is -2.85. The van der Waals surface area contributed by atoms with Gasteiger partial charge in [-0.25, -0.2) is 0 Å². The van der Waals surface area contributed by atoms with Crippen LogP contribution >= 0.6 is 0 Å². The van der Waals surface area contributed by atoms with Crippen molar-refractivity contribution in [1.82, 2.24) is 4.90 Å². The quantitative estimate of drug-likeness (QED) is 0.563. The monoisotopic (exact) mass is 288 g/mol. The van der Waals surface area contributed by atoms with Crippen molar-refractivity contribution in [2.45, 2.75) is 0 Å². The summed E-state index contributed by atoms with van der Waals surface area (Å²) in [4.78, 5) is 35.2. The third-order valence-corrected chi connectivity index (χ3v) is 2.42. The standard InChI is InChI=1S/C14H16N4O3/c15-6-2-4-10-3-1-5-11(7-10)14(21)18(8-12(16)19)9-13(17)20/h1,3,5,7H,6,8-9,15H2,(H2,16,19)(H2,17,20). The van der Waals surface area contributed by atoms with Gasteiger partial charge in [0.25, 0.3) is 5.91 Å². The number of rotatable bonds is 5. The maximum atomic E-state index is 12.3. The van der Waals surface area contributed by atoms with Gasteiger partial charge in [0.2, 0.25) is 11.8 Å². The summed E-state index contributed by atoms with van der Waals surface area (Å²) >= 11 is 0. The second-order valence-electron chi connectivity index (χ2n) is 4.18. The molecule has 110 valence electrons. The van der Waals surface area contributed by atoms with Crippen LogP contribution in [0, 0.1) is 11.8 Å². The lowest BCUT2D eigenvalue weighted by atomic mass is 10.1. The van der Waals surface area contributed by atoms with E-state index >= 15 is 0 Å². The SMILES string of the molecule is NCC#Cc1cccc(C(=O)N(CC(N)=O)CC(N)=O)c1. The largest absolute Gasteiger partial charge is 0.368 e. The number of benzene rings is 1. The molecule has 0 aliphatic carbocycles. The molecule has 6 N–H and O–H groups in total. The minimum atomic E-state index is -0.733. The first-order valence-electron chi connectivity index (χ1n) is 6.09. The fraction of sp³-hybridized carbons (Fsp3) is 0.214. The molecule has 1 rings (SSSR count). The summed E-state index contributed by atoms with van der Waals surface area (Å²) in [5.41, 5.74) is 16.3. The highest BCUT2D eigenvalue weighted by atomic mass is 16.2. The summed E-state index contributed by atoms with van der Waals surface area (Å²) < 4.78 is 0. The van der Waals surface area contributed by atoms with Crippen LogP contribution in [0.25, 0.3) is 0 Å². The molecule has 7 heteroatoms. The van der Waals surface area contributed by atoms with Crippen LogP contribution in [0.5, 0.6) is 0 Å². The van der Waals surface area contributed by atoms with Crippen molar-refractivity contribution < 1.29 is 14.4 Å². The Bertz CT molecular complexity index is 600. The van der Waals surface area contributed by atoms with E-state index in [-0.39, 0.29) is 25.2 Å². The lowest BCUT2D eigenvalue weighted by Crippen LogP contribution is -2.43. The van der Waals surface area contributed by atoms with Crippen molar-refractivity contribution in [3.8, 4) is 11.8 Å². The molecule has 0 aromatic heterocycles. The van der Waals surface area contributed by atoms with Gasteiger partial charge in [-0.3, -0.25) is 14.4 Å². The molecule has 0 radical (unpaired) electrons. The van der Waals surface area contributed by atoms with E-state index in [0.717, 1.165) is 4.90 Å². The van der Waals surface area contributed by atoms with Gasteiger partial charge in [-0.1, -0.05) is 17.9 Å². The molecule has 0 aliphatic rings. The minimum absolute atomic E-state index is 0.202. The number of carbonyl (C=O) groups is 3. The molecule has 0 unspecified atom stereocenters. The molecule has 1 aromatic carbocycles. The van der Waals surface area contributed by atoms with Crippen molar-refractivity contribution in [1.29, 1.82) is 0 Å². The molecule has 0 aliphatic heterocycles. The first-order valence-corrected chi connectivity index (χ1v) is 6.09. The molecule has 0 saturated carbocycles. The van der Waals surface area contributed by atoms with E-state index in [2.05, 4.69) is 11.8 Å². The van der Waals surface area contributed by atoms with Crippen LogP contribution in [0.1, 0.15) is 15.9 Å². The molecular formula is C14H16N4O3. The second kappa shape index (κ2) is 7.67. The van der Waals surface area contributed by atoms with E-state index in [1.54, 1.807) is 24.3 Å². The fourth-order valence-electron chi connectivity index (χ4n) is 1.64. The predicted octanol–water partition coefficient (Wildman–Crippen LogP) is -1.59. The number of nitrogens with zero attached hydrogens (tertiary/aromatic N) is 1. The van der Waals surface area contributed by atoms with Crippen LogP contribution in [0.2, 0.25) is 0 Å². The van der Waals surface area contributed by atoms with Gasteiger partial charge in [-0.05, 0) is 18.2 Å². The average Bonchev–Trinajstić information content (AvgIpc) is 2.43. The Kier molecular flexibility index (Phi) is 5.92. The molecule has 0 fully saturated rings. The van der Waals surface area contributed by atoms with Gasteiger partial charge in [0.15, 0.2) is 0 Å². The van der Waals surface area contributed by atoms with Gasteiger partial charge in [-0.15, -0.1) is 0 Å². The van der Waals surface area contributed by atoms with Crippen LogP contribution in [0.3, 0.4) is 0 Å². The maximum Gasteiger partial charge on any atom is 0.254 e. The van der Waals surface area contributed by atoms with E-state index < -0.39 is 17.7 Å². The Morgan fingerprint density at radius 3 is 2.24 bits per heavy atom. The minimum Gasteiger partial charge on any atom is -0.368 e. The van der Waals surface area contributed by atoms with Gasteiger partial charge in [0, 0.05) is 11.1 Å². The van der Waals surface area contributed by atoms with Crippen molar-refractivity contribution in [3.63, 3.8) is 0 Å². The average molecular weight is 288 g/mol. The fourth-order valence-corrected chi connectivity index (χ4v) is 1.64. The van der Waals surface area contributed by atoms with E-state index in [4.69, 9.17) is 17.2 Å². The Labute approximate surface area is 122 Å². The van der Waals surface area contributed by atoms with Gasteiger partial charge in [-0.2, -0.15) is 0 Å². The van der Waals surface area contributed by atoms with Crippen LogP contribution in [0.4, 0.5) is 0 Å². The van der Waals surface area contributed by atoms with E-state index in [1.807, 2.05) is 0 Å². The van der Waals surface area contributed by atoms with Crippen LogP contribution in [-0.2, 0) is 9.59 Å². The Morgan fingerprint density at radius 2 is 1.71 bits per heavy atom. The summed E-state index contributed by atoms with van der Waals surface area (Å²) in [6.45, 7) is -0.575. The number of amides is 3. The number of nitrogens with two attached hydrogens (primary N) is 3. The third kappa shape index (κ3) is 5.34. The summed E-state index contributed by atoms with van der Waals surface area (Å²) in [7, 11) is 0. The Balaban J connectivity index is 3.02. The third-order valence-electron chi connectivity index (χ3n) is 2.42. The Morgan fingerprint density at radius 1 is 1.10 bits per heavy atom. The molecule has 7 nitrogen and oxygen atoms in total. The first kappa shape index (κ1) is 16.2. The van der Waals surface area contributed by atoms with Crippen molar-refractivity contribution in [3.05, 3.63) is 35.4 Å². The lowest BCUT2D eigenvalue weighted by molar-refractivity contribution is -0.121. The zero-order valence-electron chi connectivity index (χ0n) is 11.3. The number of primary amides is 2. The van der Waals surface area contributed by atoms with Gasteiger partial charge >= 0.3 is 0 Å². The molecule has 0 bridgehead atoms. The van der Waals surface area contributed by atoms with Crippen LogP contribution < -0.4 is 17.2 Å². The smallest absolute Gasteiger partial charge is 0.254 e. The molecular weight excluding hydrogens is 272 g/mol. The zero-order chi connectivity index (χ0) is 15.8. The molecule has 1 aromatic rings. The summed E-state index contributed by atoms with van der Waals surface area (Å²) in [6.07, 6.45) is 0. The van der Waals surface area contributed by atoms with Gasteiger partial charge < -0.3 is 22.1 Å². The van der Waals surface area contributed by atoms with Crippen LogP contribution in [-0.4, -0.2) is 42.3 Å².